The lowest BCUT2D eigenvalue weighted by atomic mass is 10.0. The largest absolute Gasteiger partial charge is 0.491 e. The Morgan fingerprint density at radius 1 is 1.12 bits per heavy atom. The van der Waals surface area contributed by atoms with Crippen LogP contribution >= 0.6 is 0 Å². The first-order chi connectivity index (χ1) is 15.8. The highest BCUT2D eigenvalue weighted by Crippen LogP contribution is 2.28. The van der Waals surface area contributed by atoms with E-state index in [-0.39, 0.29) is 25.6 Å². The number of amides is 1. The molecule has 0 saturated carbocycles. The zero-order valence-electron chi connectivity index (χ0n) is 18.4. The average Bonchev–Trinajstić information content (AvgIpc) is 2.79. The number of aliphatic hydroxyl groups is 1. The summed E-state index contributed by atoms with van der Waals surface area (Å²) in [6, 6.07) is 13.0. The third-order valence-electron chi connectivity index (χ3n) is 4.40. The second-order valence-corrected chi connectivity index (χ2v) is 6.85. The van der Waals surface area contributed by atoms with Crippen molar-refractivity contribution in [1.29, 1.82) is 0 Å². The molecular formula is C24H27NO8. The number of carbonyl (C=O) groups excluding carboxylic acids is 2. The molecule has 0 radical (unpaired) electrons. The number of carboxylic acid groups (broad SMARTS) is 1. The van der Waals surface area contributed by atoms with Crippen molar-refractivity contribution < 1.29 is 38.8 Å². The summed E-state index contributed by atoms with van der Waals surface area (Å²) >= 11 is 0. The van der Waals surface area contributed by atoms with Gasteiger partial charge in [0, 0.05) is 23.9 Å². The first-order valence-electron chi connectivity index (χ1n) is 10.3. The van der Waals surface area contributed by atoms with Gasteiger partial charge in [-0.05, 0) is 61.9 Å². The smallest absolute Gasteiger partial charge is 0.412 e. The van der Waals surface area contributed by atoms with Gasteiger partial charge in [-0.1, -0.05) is 12.1 Å². The van der Waals surface area contributed by atoms with Gasteiger partial charge in [-0.2, -0.15) is 0 Å². The molecule has 0 spiro atoms. The molecule has 0 unspecified atom stereocenters. The Balaban J connectivity index is 2.29. The Morgan fingerprint density at radius 2 is 1.85 bits per heavy atom. The van der Waals surface area contributed by atoms with Gasteiger partial charge in [0.15, 0.2) is 11.9 Å². The number of ketones is 1. The fraction of sp³-hybridized carbons (Fsp3) is 0.292. The number of Topliss-reactive ketones (excluding diaryl/α,β-unsaturated/α-hetero) is 1. The number of anilines is 1. The predicted octanol–water partition coefficient (Wildman–Crippen LogP) is 3.60. The maximum absolute atomic E-state index is 12.7. The Morgan fingerprint density at radius 3 is 2.45 bits per heavy atom. The van der Waals surface area contributed by atoms with Gasteiger partial charge in [0.2, 0.25) is 0 Å². The van der Waals surface area contributed by atoms with E-state index in [0.717, 1.165) is 6.08 Å². The summed E-state index contributed by atoms with van der Waals surface area (Å²) < 4.78 is 16.7. The van der Waals surface area contributed by atoms with Crippen LogP contribution in [0.5, 0.6) is 5.75 Å². The van der Waals surface area contributed by atoms with Crippen molar-refractivity contribution in [3.8, 4) is 5.75 Å². The van der Waals surface area contributed by atoms with Crippen molar-refractivity contribution in [2.45, 2.75) is 26.1 Å². The SMILES string of the molecule is CCO[C@H](/C=C/C(=O)O)[C@H](OC(=O)Nc1ccc(C(C)=O)cc1)c1cccc(OCCO)c1. The number of carboxylic acids is 1. The highest BCUT2D eigenvalue weighted by atomic mass is 16.6. The van der Waals surface area contributed by atoms with Crippen LogP contribution < -0.4 is 10.1 Å². The van der Waals surface area contributed by atoms with Gasteiger partial charge in [-0.15, -0.1) is 0 Å². The average molecular weight is 457 g/mol. The van der Waals surface area contributed by atoms with Gasteiger partial charge >= 0.3 is 12.1 Å². The van der Waals surface area contributed by atoms with Crippen LogP contribution in [0.2, 0.25) is 0 Å². The first kappa shape index (κ1) is 25.6. The Kier molecular flexibility index (Phi) is 10.1. The number of hydrogen-bond acceptors (Lipinski definition) is 7. The number of benzene rings is 2. The monoisotopic (exact) mass is 457 g/mol. The Bertz CT molecular complexity index is 971. The van der Waals surface area contributed by atoms with E-state index in [2.05, 4.69) is 5.32 Å². The summed E-state index contributed by atoms with van der Waals surface area (Å²) in [7, 11) is 0. The molecule has 1 amide bonds. The van der Waals surface area contributed by atoms with Crippen LogP contribution in [0.15, 0.2) is 60.7 Å². The summed E-state index contributed by atoms with van der Waals surface area (Å²) in [5, 5.41) is 20.6. The van der Waals surface area contributed by atoms with E-state index < -0.39 is 24.3 Å². The van der Waals surface area contributed by atoms with Crippen LogP contribution in [-0.4, -0.2) is 54.0 Å². The molecule has 0 bridgehead atoms. The number of carbonyl (C=O) groups is 3. The van der Waals surface area contributed by atoms with E-state index in [4.69, 9.17) is 24.4 Å². The lowest BCUT2D eigenvalue weighted by Crippen LogP contribution is -2.28. The lowest BCUT2D eigenvalue weighted by Gasteiger charge is -2.25. The summed E-state index contributed by atoms with van der Waals surface area (Å²) in [5.74, 6) is -0.835. The van der Waals surface area contributed by atoms with E-state index >= 15 is 0 Å². The van der Waals surface area contributed by atoms with Crippen LogP contribution in [0.1, 0.15) is 35.9 Å². The fourth-order valence-electron chi connectivity index (χ4n) is 2.93. The topological polar surface area (TPSA) is 131 Å². The van der Waals surface area contributed by atoms with Gasteiger partial charge in [-0.3, -0.25) is 10.1 Å². The normalized spacial score (nSPS) is 12.7. The molecule has 0 heterocycles. The number of aliphatic hydroxyl groups excluding tert-OH is 1. The van der Waals surface area contributed by atoms with Gasteiger partial charge in [0.05, 0.1) is 6.61 Å². The lowest BCUT2D eigenvalue weighted by molar-refractivity contribution is -0.131. The van der Waals surface area contributed by atoms with Gasteiger partial charge in [0.25, 0.3) is 0 Å². The number of hydrogen-bond donors (Lipinski definition) is 3. The molecule has 2 aromatic carbocycles. The maximum atomic E-state index is 12.7. The van der Waals surface area contributed by atoms with Crippen LogP contribution in [0.3, 0.4) is 0 Å². The second kappa shape index (κ2) is 13.0. The summed E-state index contributed by atoms with van der Waals surface area (Å²) in [6.07, 6.45) is -0.487. The molecule has 176 valence electrons. The minimum absolute atomic E-state index is 0.0829. The van der Waals surface area contributed by atoms with E-state index in [0.29, 0.717) is 22.6 Å². The van der Waals surface area contributed by atoms with Crippen molar-refractivity contribution in [2.24, 2.45) is 0 Å². The predicted molar refractivity (Wildman–Crippen MR) is 121 cm³/mol. The van der Waals surface area contributed by atoms with Gasteiger partial charge in [-0.25, -0.2) is 9.59 Å². The van der Waals surface area contributed by atoms with Crippen LogP contribution in [0, 0.1) is 0 Å². The number of nitrogens with one attached hydrogen (secondary N) is 1. The quantitative estimate of drug-likeness (QED) is 0.325. The standard InChI is InChI=1S/C24H27NO8/c1-3-31-21(11-12-22(28)29)23(18-5-4-6-20(15-18)32-14-13-26)33-24(30)25-19-9-7-17(8-10-19)16(2)27/h4-12,15,21,23,26H,3,13-14H2,1-2H3,(H,25,30)(H,28,29)/b12-11+/t21-,23-/m1/s1. The van der Waals surface area contributed by atoms with E-state index in [9.17, 15) is 14.4 Å². The van der Waals surface area contributed by atoms with Crippen LogP contribution in [0.25, 0.3) is 0 Å². The third-order valence-corrected chi connectivity index (χ3v) is 4.40. The Hall–Kier alpha value is -3.69. The van der Waals surface area contributed by atoms with Gasteiger partial charge < -0.3 is 24.4 Å². The first-order valence-corrected chi connectivity index (χ1v) is 10.3. The fourth-order valence-corrected chi connectivity index (χ4v) is 2.93. The molecule has 9 heteroatoms. The molecule has 0 saturated heterocycles. The van der Waals surface area contributed by atoms with Crippen LogP contribution in [-0.2, 0) is 14.3 Å². The number of aliphatic carboxylic acids is 1. The van der Waals surface area contributed by atoms with Crippen molar-refractivity contribution >= 4 is 23.5 Å². The third kappa shape index (κ3) is 8.40. The van der Waals surface area contributed by atoms with Crippen LogP contribution in [0.4, 0.5) is 10.5 Å². The summed E-state index contributed by atoms with van der Waals surface area (Å²) in [6.45, 7) is 3.33. The van der Waals surface area contributed by atoms with E-state index in [1.807, 2.05) is 0 Å². The second-order valence-electron chi connectivity index (χ2n) is 6.85. The zero-order chi connectivity index (χ0) is 24.2. The van der Waals surface area contributed by atoms with E-state index in [1.165, 1.54) is 13.0 Å². The Labute approximate surface area is 191 Å². The molecule has 0 aromatic heterocycles. The minimum atomic E-state index is -1.17. The highest BCUT2D eigenvalue weighted by molar-refractivity contribution is 5.95. The summed E-state index contributed by atoms with van der Waals surface area (Å²) in [4.78, 5) is 35.1. The summed E-state index contributed by atoms with van der Waals surface area (Å²) in [5.41, 5.74) is 1.42. The van der Waals surface area contributed by atoms with Crippen molar-refractivity contribution in [2.75, 3.05) is 25.1 Å². The van der Waals surface area contributed by atoms with Crippen molar-refractivity contribution in [1.82, 2.24) is 0 Å². The number of ether oxygens (including phenoxy) is 3. The minimum Gasteiger partial charge on any atom is -0.491 e. The molecule has 0 fully saturated rings. The molecule has 33 heavy (non-hydrogen) atoms. The molecule has 0 aliphatic rings. The van der Waals surface area contributed by atoms with Gasteiger partial charge in [0.1, 0.15) is 18.5 Å². The molecule has 3 N–H and O–H groups in total. The number of rotatable bonds is 12. The molecule has 9 nitrogen and oxygen atoms in total. The zero-order valence-corrected chi connectivity index (χ0v) is 18.4. The van der Waals surface area contributed by atoms with Crippen molar-refractivity contribution in [3.05, 3.63) is 71.8 Å². The van der Waals surface area contributed by atoms with Crippen molar-refractivity contribution in [3.63, 3.8) is 0 Å². The highest BCUT2D eigenvalue weighted by Gasteiger charge is 2.27. The molecule has 0 aliphatic heterocycles. The molecule has 0 aliphatic carbocycles. The molecule has 2 rings (SSSR count). The molecule has 2 atom stereocenters. The maximum Gasteiger partial charge on any atom is 0.412 e. The molecule has 2 aromatic rings. The van der Waals surface area contributed by atoms with E-state index in [1.54, 1.807) is 55.5 Å². The molecular weight excluding hydrogens is 430 g/mol.